The van der Waals surface area contributed by atoms with E-state index in [4.69, 9.17) is 9.40 Å². The molecule has 0 atom stereocenters. The largest absolute Gasteiger partial charge is 0.456 e. The zero-order chi connectivity index (χ0) is 28.9. The van der Waals surface area contributed by atoms with E-state index in [1.54, 1.807) is 0 Å². The quantitative estimate of drug-likeness (QED) is 0.200. The molecule has 0 bridgehead atoms. The van der Waals surface area contributed by atoms with Crippen molar-refractivity contribution in [2.45, 2.75) is 19.3 Å². The van der Waals surface area contributed by atoms with Gasteiger partial charge in [-0.3, -0.25) is 9.78 Å². The van der Waals surface area contributed by atoms with Gasteiger partial charge in [-0.25, -0.2) is 0 Å². The lowest BCUT2D eigenvalue weighted by molar-refractivity contribution is 0.660. The standard InChI is InChI=1S/C39H26N2O2/c1-39(2)30-13-6-3-11-25(30)27-21-28-34(22-31(27)39)41(33-15-9-19-40-37(28)33)32-14-7-4-10-24(32)23-17-18-36-29(20-23)38(42)26-12-5-8-16-35(26)43-36/h3-22H,1-2H3. The molecule has 0 saturated carbocycles. The van der Waals surface area contributed by atoms with Crippen LogP contribution in [0.15, 0.2) is 131 Å². The number of pyridine rings is 1. The van der Waals surface area contributed by atoms with Crippen molar-refractivity contribution in [2.75, 3.05) is 0 Å². The normalized spacial score (nSPS) is 13.6. The third-order valence-electron chi connectivity index (χ3n) is 9.25. The zero-order valence-corrected chi connectivity index (χ0v) is 23.8. The second kappa shape index (κ2) is 8.52. The topological polar surface area (TPSA) is 48.0 Å². The van der Waals surface area contributed by atoms with Gasteiger partial charge in [-0.05, 0) is 82.4 Å². The summed E-state index contributed by atoms with van der Waals surface area (Å²) in [6.45, 7) is 4.63. The summed E-state index contributed by atoms with van der Waals surface area (Å²) in [6, 6.07) is 39.3. The lowest BCUT2D eigenvalue weighted by atomic mass is 9.82. The summed E-state index contributed by atoms with van der Waals surface area (Å²) in [6.07, 6.45) is 1.87. The molecular weight excluding hydrogens is 528 g/mol. The van der Waals surface area contributed by atoms with Crippen LogP contribution in [0, 0.1) is 0 Å². The summed E-state index contributed by atoms with van der Waals surface area (Å²) < 4.78 is 8.44. The Balaban J connectivity index is 1.33. The predicted octanol–water partition coefficient (Wildman–Crippen LogP) is 9.41. The SMILES string of the molecule is CC1(C)c2ccccc2-c2cc3c4ncccc4n(-c4ccccc4-c4ccc5oc6ccccc6c(=O)c5c4)c3cc21. The van der Waals surface area contributed by atoms with Crippen LogP contribution in [0.4, 0.5) is 0 Å². The molecule has 3 heterocycles. The third kappa shape index (κ3) is 3.26. The van der Waals surface area contributed by atoms with Crippen LogP contribution in [-0.4, -0.2) is 9.55 Å². The number of nitrogens with zero attached hydrogens (tertiary/aromatic N) is 2. The second-order valence-corrected chi connectivity index (χ2v) is 11.9. The van der Waals surface area contributed by atoms with E-state index in [0.717, 1.165) is 38.8 Å². The van der Waals surface area contributed by atoms with Crippen molar-refractivity contribution in [1.29, 1.82) is 0 Å². The van der Waals surface area contributed by atoms with Gasteiger partial charge in [-0.1, -0.05) is 74.5 Å². The number of rotatable bonds is 2. The summed E-state index contributed by atoms with van der Waals surface area (Å²) in [7, 11) is 0. The fourth-order valence-electron chi connectivity index (χ4n) is 7.17. The van der Waals surface area contributed by atoms with E-state index in [2.05, 4.69) is 85.1 Å². The molecule has 1 aliphatic carbocycles. The van der Waals surface area contributed by atoms with Crippen LogP contribution < -0.4 is 5.43 Å². The van der Waals surface area contributed by atoms with Crippen molar-refractivity contribution in [3.63, 3.8) is 0 Å². The van der Waals surface area contributed by atoms with Gasteiger partial charge in [0, 0.05) is 22.6 Å². The molecule has 43 heavy (non-hydrogen) atoms. The molecule has 0 radical (unpaired) electrons. The Morgan fingerprint density at radius 1 is 0.628 bits per heavy atom. The minimum Gasteiger partial charge on any atom is -0.456 e. The third-order valence-corrected chi connectivity index (χ3v) is 9.25. The van der Waals surface area contributed by atoms with Crippen LogP contribution in [0.5, 0.6) is 0 Å². The van der Waals surface area contributed by atoms with Crippen LogP contribution in [0.25, 0.3) is 71.8 Å². The Kier molecular flexibility index (Phi) is 4.79. The molecule has 0 spiro atoms. The van der Waals surface area contributed by atoms with Gasteiger partial charge in [-0.2, -0.15) is 0 Å². The molecule has 4 nitrogen and oxygen atoms in total. The molecule has 0 N–H and O–H groups in total. The maximum absolute atomic E-state index is 13.5. The number of para-hydroxylation sites is 2. The summed E-state index contributed by atoms with van der Waals surface area (Å²) in [4.78, 5) is 18.4. The van der Waals surface area contributed by atoms with E-state index >= 15 is 0 Å². The van der Waals surface area contributed by atoms with Crippen LogP contribution >= 0.6 is 0 Å². The van der Waals surface area contributed by atoms with E-state index in [1.165, 1.54) is 22.3 Å². The molecular formula is C39H26N2O2. The van der Waals surface area contributed by atoms with Crippen LogP contribution in [-0.2, 0) is 5.41 Å². The van der Waals surface area contributed by atoms with Gasteiger partial charge in [0.05, 0.1) is 33.0 Å². The molecule has 5 aromatic carbocycles. The van der Waals surface area contributed by atoms with Crippen molar-refractivity contribution in [3.05, 3.63) is 143 Å². The fourth-order valence-corrected chi connectivity index (χ4v) is 7.17. The first-order valence-corrected chi connectivity index (χ1v) is 14.6. The highest BCUT2D eigenvalue weighted by atomic mass is 16.3. The van der Waals surface area contributed by atoms with Gasteiger partial charge in [0.1, 0.15) is 11.2 Å². The molecule has 9 rings (SSSR count). The summed E-state index contributed by atoms with van der Waals surface area (Å²) in [5.74, 6) is 0. The van der Waals surface area contributed by atoms with Gasteiger partial charge in [-0.15, -0.1) is 0 Å². The van der Waals surface area contributed by atoms with Crippen LogP contribution in [0.2, 0.25) is 0 Å². The van der Waals surface area contributed by atoms with Gasteiger partial charge in [0.2, 0.25) is 5.43 Å². The fraction of sp³-hybridized carbons (Fsp3) is 0.0769. The molecule has 4 heteroatoms. The average molecular weight is 555 g/mol. The van der Waals surface area contributed by atoms with E-state index in [1.807, 2.05) is 54.7 Å². The lowest BCUT2D eigenvalue weighted by Gasteiger charge is -2.22. The first-order chi connectivity index (χ1) is 21.0. The Morgan fingerprint density at radius 3 is 2.30 bits per heavy atom. The predicted molar refractivity (Wildman–Crippen MR) is 175 cm³/mol. The molecule has 204 valence electrons. The Hall–Kier alpha value is -5.48. The highest BCUT2D eigenvalue weighted by Crippen LogP contribution is 2.51. The number of benzene rings is 5. The van der Waals surface area contributed by atoms with Gasteiger partial charge in [0.25, 0.3) is 0 Å². The first-order valence-electron chi connectivity index (χ1n) is 14.6. The maximum Gasteiger partial charge on any atom is 0.200 e. The van der Waals surface area contributed by atoms with Crippen molar-refractivity contribution in [2.24, 2.45) is 0 Å². The van der Waals surface area contributed by atoms with Crippen LogP contribution in [0.1, 0.15) is 25.0 Å². The molecule has 0 fully saturated rings. The van der Waals surface area contributed by atoms with E-state index < -0.39 is 0 Å². The zero-order valence-electron chi connectivity index (χ0n) is 23.8. The molecule has 0 unspecified atom stereocenters. The smallest absolute Gasteiger partial charge is 0.200 e. The minimum absolute atomic E-state index is 0.0189. The van der Waals surface area contributed by atoms with Crippen molar-refractivity contribution in [1.82, 2.24) is 9.55 Å². The number of hydrogen-bond donors (Lipinski definition) is 0. The molecule has 0 aliphatic heterocycles. The second-order valence-electron chi connectivity index (χ2n) is 11.9. The number of fused-ring (bicyclic) bond motifs is 8. The average Bonchev–Trinajstić information content (AvgIpc) is 3.48. The molecule has 0 saturated heterocycles. The molecule has 8 aromatic rings. The summed E-state index contributed by atoms with van der Waals surface area (Å²) in [5, 5.41) is 2.29. The molecule has 0 amide bonds. The van der Waals surface area contributed by atoms with Crippen LogP contribution in [0.3, 0.4) is 0 Å². The lowest BCUT2D eigenvalue weighted by Crippen LogP contribution is -2.15. The highest BCUT2D eigenvalue weighted by molar-refractivity contribution is 6.10. The Bertz CT molecular complexity index is 2510. The molecule has 1 aliphatic rings. The van der Waals surface area contributed by atoms with Gasteiger partial charge in [0.15, 0.2) is 0 Å². The van der Waals surface area contributed by atoms with Crippen molar-refractivity contribution in [3.8, 4) is 27.9 Å². The van der Waals surface area contributed by atoms with Gasteiger partial charge >= 0.3 is 0 Å². The highest BCUT2D eigenvalue weighted by Gasteiger charge is 2.36. The van der Waals surface area contributed by atoms with E-state index in [9.17, 15) is 4.79 Å². The van der Waals surface area contributed by atoms with Gasteiger partial charge < -0.3 is 8.98 Å². The number of hydrogen-bond acceptors (Lipinski definition) is 3. The summed E-state index contributed by atoms with van der Waals surface area (Å²) in [5.41, 5.74) is 12.5. The first kappa shape index (κ1) is 24.2. The van der Waals surface area contributed by atoms with Crippen molar-refractivity contribution < 1.29 is 4.42 Å². The minimum atomic E-state index is -0.122. The van der Waals surface area contributed by atoms with E-state index in [-0.39, 0.29) is 10.8 Å². The Morgan fingerprint density at radius 2 is 1.40 bits per heavy atom. The molecule has 3 aromatic heterocycles. The maximum atomic E-state index is 13.5. The monoisotopic (exact) mass is 554 g/mol. The van der Waals surface area contributed by atoms with Crippen molar-refractivity contribution >= 4 is 43.9 Å². The summed E-state index contributed by atoms with van der Waals surface area (Å²) >= 11 is 0. The Labute approximate surface area is 247 Å². The number of aromatic nitrogens is 2. The van der Waals surface area contributed by atoms with E-state index in [0.29, 0.717) is 21.9 Å².